The number of nitrogens with one attached hydrogen (secondary N) is 2. The van der Waals surface area contributed by atoms with E-state index in [9.17, 15) is 18.3 Å². The van der Waals surface area contributed by atoms with Gasteiger partial charge in [0.2, 0.25) is 0 Å². The summed E-state index contributed by atoms with van der Waals surface area (Å²) in [6.07, 6.45) is -4.43. The lowest BCUT2D eigenvalue weighted by molar-refractivity contribution is -0.140. The van der Waals surface area contributed by atoms with Crippen molar-refractivity contribution in [1.29, 1.82) is 0 Å². The maximum atomic E-state index is 12.5. The zero-order valence-corrected chi connectivity index (χ0v) is 17.1. The Balaban J connectivity index is 0.00000338. The molecule has 0 aliphatic heterocycles. The fraction of sp³-hybridized carbons (Fsp3) is 0.375. The van der Waals surface area contributed by atoms with Crippen LogP contribution in [0.1, 0.15) is 22.2 Å². The molecular formula is C16H20F3IN4OS. The molecule has 0 amide bonds. The van der Waals surface area contributed by atoms with Gasteiger partial charge in [0, 0.05) is 24.9 Å². The molecule has 1 atom stereocenters. The standard InChI is InChI=1S/C16H19F3N4OS.HI/c1-20-15(21-7-12(9-24)11-5-3-2-4-6-11)22-8-14-23-13(10-25-14)16(17,18)19;/h2-6,10,12,24H,7-9H2,1H3,(H2,20,21,22);1H. The number of nitrogens with zero attached hydrogens (tertiary/aromatic N) is 2. The maximum absolute atomic E-state index is 12.5. The van der Waals surface area contributed by atoms with Crippen molar-refractivity contribution < 1.29 is 18.3 Å². The van der Waals surface area contributed by atoms with Gasteiger partial charge < -0.3 is 15.7 Å². The van der Waals surface area contributed by atoms with Gasteiger partial charge in [0.25, 0.3) is 0 Å². The van der Waals surface area contributed by atoms with E-state index < -0.39 is 11.9 Å². The zero-order chi connectivity index (χ0) is 18.3. The van der Waals surface area contributed by atoms with Gasteiger partial charge in [0.05, 0.1) is 13.2 Å². The number of hydrogen-bond donors (Lipinski definition) is 3. The Hall–Kier alpha value is -1.40. The van der Waals surface area contributed by atoms with Crippen LogP contribution in [0.3, 0.4) is 0 Å². The smallest absolute Gasteiger partial charge is 0.396 e. The molecule has 0 aliphatic rings. The first-order chi connectivity index (χ1) is 11.9. The number of aliphatic imine (C=N–C) groups is 1. The van der Waals surface area contributed by atoms with Crippen LogP contribution < -0.4 is 10.6 Å². The molecular weight excluding hydrogens is 480 g/mol. The van der Waals surface area contributed by atoms with E-state index in [1.807, 2.05) is 30.3 Å². The summed E-state index contributed by atoms with van der Waals surface area (Å²) < 4.78 is 37.6. The largest absolute Gasteiger partial charge is 0.434 e. The highest BCUT2D eigenvalue weighted by molar-refractivity contribution is 14.0. The minimum atomic E-state index is -4.43. The van der Waals surface area contributed by atoms with Gasteiger partial charge in [-0.3, -0.25) is 4.99 Å². The fourth-order valence-corrected chi connectivity index (χ4v) is 2.88. The van der Waals surface area contributed by atoms with Crippen LogP contribution in [0.25, 0.3) is 0 Å². The summed E-state index contributed by atoms with van der Waals surface area (Å²) in [5, 5.41) is 16.8. The Morgan fingerprint density at radius 2 is 1.96 bits per heavy atom. The first-order valence-electron chi connectivity index (χ1n) is 7.56. The normalized spacial score (nSPS) is 13.0. The molecule has 2 rings (SSSR count). The van der Waals surface area contributed by atoms with Crippen molar-refractivity contribution in [3.8, 4) is 0 Å². The Morgan fingerprint density at radius 3 is 2.50 bits per heavy atom. The molecule has 1 aromatic carbocycles. The number of aromatic nitrogens is 1. The van der Waals surface area contributed by atoms with Gasteiger partial charge in [-0.05, 0) is 5.56 Å². The summed E-state index contributed by atoms with van der Waals surface area (Å²) >= 11 is 0.938. The van der Waals surface area contributed by atoms with Crippen LogP contribution in [0.15, 0.2) is 40.7 Å². The van der Waals surface area contributed by atoms with Crippen molar-refractivity contribution in [3.05, 3.63) is 52.0 Å². The fourth-order valence-electron chi connectivity index (χ4n) is 2.14. The van der Waals surface area contributed by atoms with Gasteiger partial charge in [0.15, 0.2) is 11.7 Å². The number of alkyl halides is 3. The quantitative estimate of drug-likeness (QED) is 0.324. The minimum absolute atomic E-state index is 0. The Kier molecular flexibility index (Phi) is 9.30. The molecule has 0 spiro atoms. The number of guanidine groups is 1. The average molecular weight is 500 g/mol. The van der Waals surface area contributed by atoms with Crippen LogP contribution in [0, 0.1) is 0 Å². The van der Waals surface area contributed by atoms with Crippen molar-refractivity contribution in [2.45, 2.75) is 18.6 Å². The first-order valence-corrected chi connectivity index (χ1v) is 8.44. The van der Waals surface area contributed by atoms with E-state index in [0.29, 0.717) is 17.5 Å². The summed E-state index contributed by atoms with van der Waals surface area (Å²) in [4.78, 5) is 7.58. The van der Waals surface area contributed by atoms with Gasteiger partial charge in [-0.2, -0.15) is 13.2 Å². The van der Waals surface area contributed by atoms with E-state index in [2.05, 4.69) is 20.6 Å². The van der Waals surface area contributed by atoms with Crippen molar-refractivity contribution in [1.82, 2.24) is 15.6 Å². The van der Waals surface area contributed by atoms with Crippen LogP contribution >= 0.6 is 35.3 Å². The lowest BCUT2D eigenvalue weighted by Crippen LogP contribution is -2.39. The number of rotatable bonds is 6. The molecule has 0 radical (unpaired) electrons. The lowest BCUT2D eigenvalue weighted by Gasteiger charge is -2.17. The highest BCUT2D eigenvalue weighted by atomic mass is 127. The second kappa shape index (κ2) is 10.7. The van der Waals surface area contributed by atoms with E-state index >= 15 is 0 Å². The second-order valence-corrected chi connectivity index (χ2v) is 6.16. The van der Waals surface area contributed by atoms with Crippen molar-refractivity contribution in [2.24, 2.45) is 4.99 Å². The number of hydrogen-bond acceptors (Lipinski definition) is 4. The predicted octanol–water partition coefficient (Wildman–Crippen LogP) is 3.22. The topological polar surface area (TPSA) is 69.5 Å². The van der Waals surface area contributed by atoms with Crippen LogP contribution in [0.5, 0.6) is 0 Å². The summed E-state index contributed by atoms with van der Waals surface area (Å²) in [6.45, 7) is 0.539. The zero-order valence-electron chi connectivity index (χ0n) is 14.0. The molecule has 0 saturated carbocycles. The monoisotopic (exact) mass is 500 g/mol. The highest BCUT2D eigenvalue weighted by Crippen LogP contribution is 2.29. The van der Waals surface area contributed by atoms with Crippen LogP contribution in [0.2, 0.25) is 0 Å². The van der Waals surface area contributed by atoms with Crippen molar-refractivity contribution in [2.75, 3.05) is 20.2 Å². The molecule has 10 heteroatoms. The van der Waals surface area contributed by atoms with Gasteiger partial charge in [-0.15, -0.1) is 35.3 Å². The van der Waals surface area contributed by atoms with Crippen LogP contribution in [0.4, 0.5) is 13.2 Å². The molecule has 1 aromatic heterocycles. The minimum Gasteiger partial charge on any atom is -0.396 e. The molecule has 1 heterocycles. The molecule has 2 aromatic rings. The van der Waals surface area contributed by atoms with E-state index in [-0.39, 0.29) is 43.0 Å². The van der Waals surface area contributed by atoms with Gasteiger partial charge >= 0.3 is 6.18 Å². The molecule has 0 aliphatic carbocycles. The van der Waals surface area contributed by atoms with E-state index in [1.54, 1.807) is 7.05 Å². The van der Waals surface area contributed by atoms with E-state index in [1.165, 1.54) is 0 Å². The predicted molar refractivity (Wildman–Crippen MR) is 107 cm³/mol. The molecule has 3 N–H and O–H groups in total. The van der Waals surface area contributed by atoms with Gasteiger partial charge in [0.1, 0.15) is 5.01 Å². The number of aliphatic hydroxyl groups excluding tert-OH is 1. The van der Waals surface area contributed by atoms with Crippen molar-refractivity contribution >= 4 is 41.3 Å². The van der Waals surface area contributed by atoms with E-state index in [4.69, 9.17) is 0 Å². The number of benzene rings is 1. The third kappa shape index (κ3) is 6.72. The maximum Gasteiger partial charge on any atom is 0.434 e. The van der Waals surface area contributed by atoms with Gasteiger partial charge in [-0.25, -0.2) is 4.98 Å². The lowest BCUT2D eigenvalue weighted by atomic mass is 10.0. The Labute approximate surface area is 170 Å². The Bertz CT molecular complexity index is 694. The first kappa shape index (κ1) is 22.6. The number of thiazole rings is 1. The average Bonchev–Trinajstić information content (AvgIpc) is 3.08. The van der Waals surface area contributed by atoms with Crippen molar-refractivity contribution in [3.63, 3.8) is 0 Å². The molecule has 26 heavy (non-hydrogen) atoms. The van der Waals surface area contributed by atoms with Crippen LogP contribution in [-0.4, -0.2) is 36.2 Å². The summed E-state index contributed by atoms with van der Waals surface area (Å²) in [7, 11) is 1.56. The molecule has 0 saturated heterocycles. The third-order valence-electron chi connectivity index (χ3n) is 3.48. The summed E-state index contributed by atoms with van der Waals surface area (Å²) in [5.41, 5.74) is 0.101. The molecule has 144 valence electrons. The molecule has 0 fully saturated rings. The number of aliphatic hydroxyl groups is 1. The summed E-state index contributed by atoms with van der Waals surface area (Å²) in [5.74, 6) is 0.314. The van der Waals surface area contributed by atoms with Crippen LogP contribution in [-0.2, 0) is 12.7 Å². The van der Waals surface area contributed by atoms with E-state index in [0.717, 1.165) is 22.3 Å². The highest BCUT2D eigenvalue weighted by Gasteiger charge is 2.33. The van der Waals surface area contributed by atoms with Gasteiger partial charge in [-0.1, -0.05) is 30.3 Å². The second-order valence-electron chi connectivity index (χ2n) is 5.22. The number of halogens is 4. The SMILES string of the molecule is CN=C(NCc1nc(C(F)(F)F)cs1)NCC(CO)c1ccccc1.I. The molecule has 1 unspecified atom stereocenters. The summed E-state index contributed by atoms with van der Waals surface area (Å²) in [6, 6.07) is 9.53. The molecule has 0 bridgehead atoms. The Morgan fingerprint density at radius 1 is 1.27 bits per heavy atom. The molecule has 5 nitrogen and oxygen atoms in total. The third-order valence-corrected chi connectivity index (χ3v) is 4.33.